The number of hydrogen-bond donors (Lipinski definition) is 0. The van der Waals surface area contributed by atoms with E-state index in [1.807, 2.05) is 29.2 Å². The molecule has 0 amide bonds. The van der Waals surface area contributed by atoms with Gasteiger partial charge in [-0.05, 0) is 30.3 Å². The molecule has 3 rings (SSSR count). The normalized spacial score (nSPS) is 15.5. The Morgan fingerprint density at radius 2 is 1.54 bits per heavy atom. The average Bonchev–Trinajstić information content (AvgIpc) is 2.61. The number of nitrogens with zero attached hydrogens (tertiary/aromatic N) is 2. The minimum atomic E-state index is -4.31. The highest BCUT2D eigenvalue weighted by atomic mass is 19.4. The smallest absolute Gasteiger partial charge is 0.416 e. The maximum Gasteiger partial charge on any atom is 0.416 e. The minimum Gasteiger partial charge on any atom is -0.495 e. The van der Waals surface area contributed by atoms with Crippen LogP contribution in [0.1, 0.15) is 5.56 Å². The SMILES string of the molecule is COc1ccccc1N1CCN(c2cccc(C(F)(F)F)c2)CC1. The summed E-state index contributed by atoms with van der Waals surface area (Å²) in [7, 11) is 1.64. The van der Waals surface area contributed by atoms with Gasteiger partial charge >= 0.3 is 6.18 Å². The monoisotopic (exact) mass is 336 g/mol. The van der Waals surface area contributed by atoms with Crippen molar-refractivity contribution in [3.63, 3.8) is 0 Å². The van der Waals surface area contributed by atoms with Gasteiger partial charge in [0.15, 0.2) is 0 Å². The van der Waals surface area contributed by atoms with Crippen molar-refractivity contribution in [3.05, 3.63) is 54.1 Å². The Bertz CT molecular complexity index is 695. The number of ether oxygens (including phenoxy) is 1. The van der Waals surface area contributed by atoms with Gasteiger partial charge in [-0.3, -0.25) is 0 Å². The third-order valence-corrected chi connectivity index (χ3v) is 4.24. The molecule has 128 valence electrons. The Hall–Kier alpha value is -2.37. The molecule has 2 aromatic carbocycles. The molecule has 0 atom stereocenters. The van der Waals surface area contributed by atoms with Crippen molar-refractivity contribution < 1.29 is 17.9 Å². The van der Waals surface area contributed by atoms with Crippen molar-refractivity contribution in [2.45, 2.75) is 6.18 Å². The molecule has 0 aliphatic carbocycles. The van der Waals surface area contributed by atoms with Gasteiger partial charge in [-0.2, -0.15) is 13.2 Å². The van der Waals surface area contributed by atoms with Crippen LogP contribution in [-0.2, 0) is 6.18 Å². The predicted molar refractivity (Wildman–Crippen MR) is 88.9 cm³/mol. The largest absolute Gasteiger partial charge is 0.495 e. The number of piperazine rings is 1. The van der Waals surface area contributed by atoms with E-state index in [9.17, 15) is 13.2 Å². The van der Waals surface area contributed by atoms with E-state index < -0.39 is 11.7 Å². The molecule has 0 unspecified atom stereocenters. The molecule has 3 nitrogen and oxygen atoms in total. The van der Waals surface area contributed by atoms with Gasteiger partial charge in [0, 0.05) is 31.9 Å². The highest BCUT2D eigenvalue weighted by Gasteiger charge is 2.31. The summed E-state index contributed by atoms with van der Waals surface area (Å²) >= 11 is 0. The summed E-state index contributed by atoms with van der Waals surface area (Å²) in [6.45, 7) is 2.80. The minimum absolute atomic E-state index is 0.604. The van der Waals surface area contributed by atoms with Crippen LogP contribution in [0.5, 0.6) is 5.75 Å². The Morgan fingerprint density at radius 3 is 2.21 bits per heavy atom. The van der Waals surface area contributed by atoms with Crippen molar-refractivity contribution in [2.24, 2.45) is 0 Å². The van der Waals surface area contributed by atoms with Crippen molar-refractivity contribution in [1.82, 2.24) is 0 Å². The Labute approximate surface area is 139 Å². The lowest BCUT2D eigenvalue weighted by Gasteiger charge is -2.38. The quantitative estimate of drug-likeness (QED) is 0.841. The molecule has 0 bridgehead atoms. The molecule has 2 aromatic rings. The lowest BCUT2D eigenvalue weighted by molar-refractivity contribution is -0.137. The van der Waals surface area contributed by atoms with Crippen LogP contribution in [0, 0.1) is 0 Å². The molecule has 0 N–H and O–H groups in total. The van der Waals surface area contributed by atoms with Gasteiger partial charge in [-0.25, -0.2) is 0 Å². The van der Waals surface area contributed by atoms with Crippen LogP contribution < -0.4 is 14.5 Å². The molecule has 0 spiro atoms. The number of anilines is 2. The number of hydrogen-bond acceptors (Lipinski definition) is 3. The first-order valence-corrected chi connectivity index (χ1v) is 7.79. The molecule has 1 heterocycles. The third kappa shape index (κ3) is 3.42. The zero-order valence-corrected chi connectivity index (χ0v) is 13.4. The third-order valence-electron chi connectivity index (χ3n) is 4.24. The van der Waals surface area contributed by atoms with Crippen molar-refractivity contribution in [3.8, 4) is 5.75 Å². The maximum absolute atomic E-state index is 12.9. The summed E-state index contributed by atoms with van der Waals surface area (Å²) < 4.78 is 44.0. The lowest BCUT2D eigenvalue weighted by atomic mass is 10.1. The molecule has 0 saturated carbocycles. The van der Waals surface area contributed by atoms with Crippen molar-refractivity contribution in [2.75, 3.05) is 43.1 Å². The maximum atomic E-state index is 12.9. The fourth-order valence-corrected chi connectivity index (χ4v) is 2.98. The second-order valence-electron chi connectivity index (χ2n) is 5.69. The van der Waals surface area contributed by atoms with Gasteiger partial charge in [-0.15, -0.1) is 0 Å². The van der Waals surface area contributed by atoms with E-state index in [1.165, 1.54) is 12.1 Å². The number of halogens is 3. The van der Waals surface area contributed by atoms with Crippen LogP contribution in [0.25, 0.3) is 0 Å². The summed E-state index contributed by atoms with van der Waals surface area (Å²) in [6, 6.07) is 13.3. The average molecular weight is 336 g/mol. The van der Waals surface area contributed by atoms with E-state index in [0.29, 0.717) is 18.8 Å². The molecule has 1 fully saturated rings. The van der Waals surface area contributed by atoms with Gasteiger partial charge in [0.05, 0.1) is 18.4 Å². The van der Waals surface area contributed by atoms with Crippen LogP contribution in [0.2, 0.25) is 0 Å². The topological polar surface area (TPSA) is 15.7 Å². The number of benzene rings is 2. The van der Waals surface area contributed by atoms with Crippen LogP contribution in [0.15, 0.2) is 48.5 Å². The van der Waals surface area contributed by atoms with E-state index in [2.05, 4.69) is 4.90 Å². The van der Waals surface area contributed by atoms with Crippen molar-refractivity contribution in [1.29, 1.82) is 0 Å². The number of alkyl halides is 3. The number of rotatable bonds is 3. The molecular weight excluding hydrogens is 317 g/mol. The first-order valence-electron chi connectivity index (χ1n) is 7.79. The first kappa shape index (κ1) is 16.5. The molecule has 24 heavy (non-hydrogen) atoms. The van der Waals surface area contributed by atoms with Gasteiger partial charge < -0.3 is 14.5 Å². The molecule has 0 radical (unpaired) electrons. The predicted octanol–water partition coefficient (Wildman–Crippen LogP) is 4.04. The highest BCUT2D eigenvalue weighted by Crippen LogP contribution is 2.33. The number of para-hydroxylation sites is 2. The lowest BCUT2D eigenvalue weighted by Crippen LogP contribution is -2.46. The Kier molecular flexibility index (Phi) is 4.55. The Balaban J connectivity index is 1.71. The summed E-state index contributed by atoms with van der Waals surface area (Å²) in [5.41, 5.74) is 1.03. The Morgan fingerprint density at radius 1 is 0.875 bits per heavy atom. The highest BCUT2D eigenvalue weighted by molar-refractivity contribution is 5.60. The fraction of sp³-hybridized carbons (Fsp3) is 0.333. The summed E-state index contributed by atoms with van der Waals surface area (Å²) in [6.07, 6.45) is -4.31. The van der Waals surface area contributed by atoms with Gasteiger partial charge in [0.25, 0.3) is 0 Å². The van der Waals surface area contributed by atoms with E-state index in [1.54, 1.807) is 13.2 Å². The molecular formula is C18H19F3N2O. The van der Waals surface area contributed by atoms with E-state index in [4.69, 9.17) is 4.74 Å². The van der Waals surface area contributed by atoms with Gasteiger partial charge in [-0.1, -0.05) is 18.2 Å². The van der Waals surface area contributed by atoms with E-state index >= 15 is 0 Å². The van der Waals surface area contributed by atoms with Crippen LogP contribution in [0.4, 0.5) is 24.5 Å². The fourth-order valence-electron chi connectivity index (χ4n) is 2.98. The summed E-state index contributed by atoms with van der Waals surface area (Å²) in [5.74, 6) is 0.810. The van der Waals surface area contributed by atoms with Crippen LogP contribution >= 0.6 is 0 Å². The first-order chi connectivity index (χ1) is 11.5. The summed E-state index contributed by atoms with van der Waals surface area (Å²) in [4.78, 5) is 4.18. The number of methoxy groups -OCH3 is 1. The van der Waals surface area contributed by atoms with Crippen LogP contribution in [0.3, 0.4) is 0 Å². The zero-order valence-electron chi connectivity index (χ0n) is 13.4. The zero-order chi connectivity index (χ0) is 17.2. The molecule has 1 aliphatic rings. The van der Waals surface area contributed by atoms with E-state index in [0.717, 1.165) is 30.6 Å². The van der Waals surface area contributed by atoms with Crippen molar-refractivity contribution >= 4 is 11.4 Å². The molecule has 6 heteroatoms. The molecule has 1 aliphatic heterocycles. The van der Waals surface area contributed by atoms with E-state index in [-0.39, 0.29) is 0 Å². The second-order valence-corrected chi connectivity index (χ2v) is 5.69. The second kappa shape index (κ2) is 6.63. The molecule has 1 saturated heterocycles. The summed E-state index contributed by atoms with van der Waals surface area (Å²) in [5, 5.41) is 0. The van der Waals surface area contributed by atoms with Crippen LogP contribution in [-0.4, -0.2) is 33.3 Å². The van der Waals surface area contributed by atoms with Gasteiger partial charge in [0.2, 0.25) is 0 Å². The molecule has 0 aromatic heterocycles. The standard InChI is InChI=1S/C18H19F3N2O/c1-24-17-8-3-2-7-16(17)23-11-9-22(10-12-23)15-6-4-5-14(13-15)18(19,20)21/h2-8,13H,9-12H2,1H3. The van der Waals surface area contributed by atoms with Gasteiger partial charge in [0.1, 0.15) is 5.75 Å².